The number of rotatable bonds is 6. The molecule has 2 atom stereocenters. The SMILES string of the molecule is Cc1cc(C(O)C(C)NCCC(C)C)ccc1F. The van der Waals surface area contributed by atoms with Crippen molar-refractivity contribution in [2.45, 2.75) is 46.3 Å². The zero-order valence-corrected chi connectivity index (χ0v) is 11.7. The van der Waals surface area contributed by atoms with Crippen LogP contribution in [0.3, 0.4) is 0 Å². The molecule has 18 heavy (non-hydrogen) atoms. The van der Waals surface area contributed by atoms with Crippen molar-refractivity contribution in [3.8, 4) is 0 Å². The normalized spacial score (nSPS) is 14.8. The van der Waals surface area contributed by atoms with Crippen LogP contribution in [0, 0.1) is 18.7 Å². The lowest BCUT2D eigenvalue weighted by Gasteiger charge is -2.21. The fraction of sp³-hybridized carbons (Fsp3) is 0.600. The number of halogens is 1. The second kappa shape index (κ2) is 6.86. The molecule has 0 aromatic heterocycles. The van der Waals surface area contributed by atoms with Crippen LogP contribution >= 0.6 is 0 Å². The first-order chi connectivity index (χ1) is 8.41. The molecule has 1 aromatic rings. The Bertz CT molecular complexity index is 379. The van der Waals surface area contributed by atoms with E-state index < -0.39 is 6.10 Å². The quantitative estimate of drug-likeness (QED) is 0.816. The molecule has 1 aromatic carbocycles. The molecule has 0 spiro atoms. The summed E-state index contributed by atoms with van der Waals surface area (Å²) >= 11 is 0. The van der Waals surface area contributed by atoms with E-state index in [4.69, 9.17) is 0 Å². The molecule has 0 radical (unpaired) electrons. The molecule has 2 unspecified atom stereocenters. The maximum Gasteiger partial charge on any atom is 0.126 e. The molecule has 0 saturated heterocycles. The molecule has 0 saturated carbocycles. The maximum atomic E-state index is 13.2. The summed E-state index contributed by atoms with van der Waals surface area (Å²) in [6.07, 6.45) is 0.482. The second-order valence-corrected chi connectivity index (χ2v) is 5.38. The Morgan fingerprint density at radius 1 is 1.28 bits per heavy atom. The standard InChI is InChI=1S/C15H24FNO/c1-10(2)7-8-17-12(4)15(18)13-5-6-14(16)11(3)9-13/h5-6,9-10,12,15,17-18H,7-8H2,1-4H3. The van der Waals surface area contributed by atoms with Crippen LogP contribution in [-0.2, 0) is 0 Å². The van der Waals surface area contributed by atoms with Gasteiger partial charge in [0.25, 0.3) is 0 Å². The van der Waals surface area contributed by atoms with Gasteiger partial charge in [-0.15, -0.1) is 0 Å². The van der Waals surface area contributed by atoms with Crippen molar-refractivity contribution in [1.82, 2.24) is 5.32 Å². The number of nitrogens with one attached hydrogen (secondary N) is 1. The van der Waals surface area contributed by atoms with E-state index in [1.165, 1.54) is 6.07 Å². The van der Waals surface area contributed by atoms with Gasteiger partial charge in [-0.3, -0.25) is 0 Å². The highest BCUT2D eigenvalue weighted by atomic mass is 19.1. The molecule has 1 rings (SSSR count). The molecule has 2 N–H and O–H groups in total. The molecule has 0 aliphatic carbocycles. The lowest BCUT2D eigenvalue weighted by Crippen LogP contribution is -2.33. The van der Waals surface area contributed by atoms with Crippen molar-refractivity contribution >= 4 is 0 Å². The van der Waals surface area contributed by atoms with Gasteiger partial charge >= 0.3 is 0 Å². The predicted octanol–water partition coefficient (Wildman–Crippen LogP) is 3.19. The average Bonchev–Trinajstić information content (AvgIpc) is 2.31. The monoisotopic (exact) mass is 253 g/mol. The molecule has 0 fully saturated rings. The van der Waals surface area contributed by atoms with Gasteiger partial charge in [-0.05, 0) is 49.9 Å². The largest absolute Gasteiger partial charge is 0.387 e. The van der Waals surface area contributed by atoms with Crippen LogP contribution in [0.4, 0.5) is 4.39 Å². The summed E-state index contributed by atoms with van der Waals surface area (Å²) in [5.74, 6) is 0.418. The zero-order valence-electron chi connectivity index (χ0n) is 11.7. The van der Waals surface area contributed by atoms with Crippen molar-refractivity contribution in [1.29, 1.82) is 0 Å². The van der Waals surface area contributed by atoms with Crippen LogP contribution in [0.5, 0.6) is 0 Å². The van der Waals surface area contributed by atoms with Crippen molar-refractivity contribution in [3.63, 3.8) is 0 Å². The van der Waals surface area contributed by atoms with E-state index in [0.717, 1.165) is 18.5 Å². The molecule has 2 nitrogen and oxygen atoms in total. The molecule has 3 heteroatoms. The lowest BCUT2D eigenvalue weighted by molar-refractivity contribution is 0.135. The Hall–Kier alpha value is -0.930. The van der Waals surface area contributed by atoms with Gasteiger partial charge in [0.05, 0.1) is 6.10 Å². The summed E-state index contributed by atoms with van der Waals surface area (Å²) < 4.78 is 13.2. The van der Waals surface area contributed by atoms with E-state index >= 15 is 0 Å². The van der Waals surface area contributed by atoms with Crippen LogP contribution in [0.15, 0.2) is 18.2 Å². The summed E-state index contributed by atoms with van der Waals surface area (Å²) in [6, 6.07) is 4.73. The summed E-state index contributed by atoms with van der Waals surface area (Å²) in [7, 11) is 0. The van der Waals surface area contributed by atoms with Gasteiger partial charge in [0, 0.05) is 6.04 Å². The van der Waals surface area contributed by atoms with Gasteiger partial charge < -0.3 is 10.4 Å². The lowest BCUT2D eigenvalue weighted by atomic mass is 10.0. The molecule has 102 valence electrons. The van der Waals surface area contributed by atoms with Crippen molar-refractivity contribution < 1.29 is 9.50 Å². The van der Waals surface area contributed by atoms with Gasteiger partial charge in [-0.2, -0.15) is 0 Å². The Kier molecular flexibility index (Phi) is 5.76. The number of hydrogen-bond acceptors (Lipinski definition) is 2. The fourth-order valence-electron chi connectivity index (χ4n) is 1.85. The van der Waals surface area contributed by atoms with E-state index in [0.29, 0.717) is 11.5 Å². The molecule has 0 bridgehead atoms. The Morgan fingerprint density at radius 2 is 1.94 bits per heavy atom. The summed E-state index contributed by atoms with van der Waals surface area (Å²) in [6.45, 7) is 8.89. The Labute approximate surface area is 109 Å². The molecular weight excluding hydrogens is 229 g/mol. The van der Waals surface area contributed by atoms with Gasteiger partial charge in [-0.25, -0.2) is 4.39 Å². The first-order valence-electron chi connectivity index (χ1n) is 6.59. The zero-order chi connectivity index (χ0) is 13.7. The van der Waals surface area contributed by atoms with Crippen molar-refractivity contribution in [2.75, 3.05) is 6.54 Å². The molecule has 0 amide bonds. The van der Waals surface area contributed by atoms with Crippen LogP contribution in [-0.4, -0.2) is 17.7 Å². The third-order valence-electron chi connectivity index (χ3n) is 3.19. The second-order valence-electron chi connectivity index (χ2n) is 5.38. The summed E-state index contributed by atoms with van der Waals surface area (Å²) in [4.78, 5) is 0. The van der Waals surface area contributed by atoms with Crippen LogP contribution in [0.2, 0.25) is 0 Å². The summed E-state index contributed by atoms with van der Waals surface area (Å²) in [5, 5.41) is 13.5. The van der Waals surface area contributed by atoms with E-state index in [1.54, 1.807) is 19.1 Å². The third-order valence-corrected chi connectivity index (χ3v) is 3.19. The minimum Gasteiger partial charge on any atom is -0.387 e. The number of hydrogen-bond donors (Lipinski definition) is 2. The molecule has 0 heterocycles. The number of aliphatic hydroxyl groups is 1. The minimum absolute atomic E-state index is 0.0337. The van der Waals surface area contributed by atoms with Crippen LogP contribution < -0.4 is 5.32 Å². The molecule has 0 aliphatic rings. The van der Waals surface area contributed by atoms with E-state index in [-0.39, 0.29) is 11.9 Å². The Morgan fingerprint density at radius 3 is 2.50 bits per heavy atom. The fourth-order valence-corrected chi connectivity index (χ4v) is 1.85. The van der Waals surface area contributed by atoms with E-state index in [9.17, 15) is 9.50 Å². The summed E-state index contributed by atoms with van der Waals surface area (Å²) in [5.41, 5.74) is 1.33. The van der Waals surface area contributed by atoms with Crippen LogP contribution in [0.1, 0.15) is 44.4 Å². The van der Waals surface area contributed by atoms with Crippen molar-refractivity contribution in [3.05, 3.63) is 35.1 Å². The van der Waals surface area contributed by atoms with Crippen LogP contribution in [0.25, 0.3) is 0 Å². The van der Waals surface area contributed by atoms with Gasteiger partial charge in [0.2, 0.25) is 0 Å². The number of aryl methyl sites for hydroxylation is 1. The number of aliphatic hydroxyl groups excluding tert-OH is 1. The Balaban J connectivity index is 2.56. The average molecular weight is 253 g/mol. The molecular formula is C15H24FNO. The predicted molar refractivity (Wildman–Crippen MR) is 73.0 cm³/mol. The van der Waals surface area contributed by atoms with Crippen molar-refractivity contribution in [2.24, 2.45) is 5.92 Å². The van der Waals surface area contributed by atoms with E-state index in [1.807, 2.05) is 6.92 Å². The van der Waals surface area contributed by atoms with Gasteiger partial charge in [0.15, 0.2) is 0 Å². The minimum atomic E-state index is -0.600. The van der Waals surface area contributed by atoms with Gasteiger partial charge in [-0.1, -0.05) is 26.0 Å². The number of benzene rings is 1. The van der Waals surface area contributed by atoms with Gasteiger partial charge in [0.1, 0.15) is 5.82 Å². The third kappa shape index (κ3) is 4.39. The topological polar surface area (TPSA) is 32.3 Å². The first-order valence-corrected chi connectivity index (χ1v) is 6.59. The highest BCUT2D eigenvalue weighted by Crippen LogP contribution is 2.19. The molecule has 0 aliphatic heterocycles. The maximum absolute atomic E-state index is 13.2. The van der Waals surface area contributed by atoms with E-state index in [2.05, 4.69) is 19.2 Å². The first kappa shape index (κ1) is 15.1. The highest BCUT2D eigenvalue weighted by Gasteiger charge is 2.16. The highest BCUT2D eigenvalue weighted by molar-refractivity contribution is 5.26. The smallest absolute Gasteiger partial charge is 0.126 e.